The van der Waals surface area contributed by atoms with Gasteiger partial charge in [0.15, 0.2) is 0 Å². The molecule has 0 aliphatic heterocycles. The second-order valence-corrected chi connectivity index (χ2v) is 6.51. The number of carbonyl (C=O) groups is 1. The van der Waals surface area contributed by atoms with Gasteiger partial charge in [-0.15, -0.1) is 0 Å². The maximum Gasteiger partial charge on any atom is 0.416 e. The van der Waals surface area contributed by atoms with Gasteiger partial charge in [-0.1, -0.05) is 49.4 Å². The molecule has 1 heterocycles. The minimum atomic E-state index is -4.40. The number of H-pyrrole nitrogens is 1. The number of alkyl halides is 3. The second kappa shape index (κ2) is 7.88. The number of nitrogens with one attached hydrogen (secondary N) is 2. The fraction of sp³-hybridized carbons (Fsp3) is 0.238. The van der Waals surface area contributed by atoms with Gasteiger partial charge < -0.3 is 5.32 Å². The number of hydrogen-bond donors (Lipinski definition) is 2. The normalized spacial score (nSPS) is 12.6. The molecule has 0 bridgehead atoms. The number of amides is 1. The lowest BCUT2D eigenvalue weighted by Crippen LogP contribution is -2.21. The topological polar surface area (TPSA) is 57.8 Å². The summed E-state index contributed by atoms with van der Waals surface area (Å²) >= 11 is 0. The van der Waals surface area contributed by atoms with E-state index in [4.69, 9.17) is 0 Å². The summed E-state index contributed by atoms with van der Waals surface area (Å²) in [6.45, 7) is 3.68. The summed E-state index contributed by atoms with van der Waals surface area (Å²) in [5, 5.41) is 9.86. The number of aryl methyl sites for hydroxylation is 1. The Balaban J connectivity index is 1.88. The SMILES string of the molecule is CC[C@H](C(=O)Nc1c(-c2ccc(C(F)(F)F)cc2)n[nH]c1C)c1ccccc1. The third-order valence-electron chi connectivity index (χ3n) is 4.61. The zero-order valence-electron chi connectivity index (χ0n) is 15.5. The van der Waals surface area contributed by atoms with Crippen LogP contribution in [0.4, 0.5) is 18.9 Å². The average Bonchev–Trinajstić information content (AvgIpc) is 3.03. The minimum absolute atomic E-state index is 0.189. The van der Waals surface area contributed by atoms with Gasteiger partial charge in [0.05, 0.1) is 22.9 Å². The zero-order valence-corrected chi connectivity index (χ0v) is 15.5. The third kappa shape index (κ3) is 4.08. The minimum Gasteiger partial charge on any atom is -0.322 e. The molecule has 2 N–H and O–H groups in total. The molecule has 1 atom stereocenters. The fourth-order valence-corrected chi connectivity index (χ4v) is 3.08. The van der Waals surface area contributed by atoms with Crippen LogP contribution >= 0.6 is 0 Å². The van der Waals surface area contributed by atoms with Gasteiger partial charge in [0, 0.05) is 5.56 Å². The number of anilines is 1. The van der Waals surface area contributed by atoms with E-state index in [2.05, 4.69) is 15.5 Å². The monoisotopic (exact) mass is 387 g/mol. The summed E-state index contributed by atoms with van der Waals surface area (Å²) in [5.41, 5.74) is 2.16. The first kappa shape index (κ1) is 19.7. The average molecular weight is 387 g/mol. The summed E-state index contributed by atoms with van der Waals surface area (Å²) in [5.74, 6) is -0.526. The molecule has 28 heavy (non-hydrogen) atoms. The highest BCUT2D eigenvalue weighted by Crippen LogP contribution is 2.34. The molecule has 3 aromatic rings. The number of aromatic amines is 1. The number of aromatic nitrogens is 2. The van der Waals surface area contributed by atoms with Crippen molar-refractivity contribution in [1.82, 2.24) is 10.2 Å². The van der Waals surface area contributed by atoms with Crippen molar-refractivity contribution in [2.45, 2.75) is 32.4 Å². The Kier molecular flexibility index (Phi) is 5.53. The number of halogens is 3. The Hall–Kier alpha value is -3.09. The van der Waals surface area contributed by atoms with E-state index in [1.54, 1.807) is 6.92 Å². The molecule has 0 saturated carbocycles. The van der Waals surface area contributed by atoms with Crippen LogP contribution in [0.15, 0.2) is 54.6 Å². The van der Waals surface area contributed by atoms with E-state index in [1.165, 1.54) is 12.1 Å². The number of carbonyl (C=O) groups excluding carboxylic acids is 1. The Morgan fingerprint density at radius 1 is 1.11 bits per heavy atom. The fourth-order valence-electron chi connectivity index (χ4n) is 3.08. The quantitative estimate of drug-likeness (QED) is 0.604. The molecule has 0 aliphatic carbocycles. The summed E-state index contributed by atoms with van der Waals surface area (Å²) in [7, 11) is 0. The lowest BCUT2D eigenvalue weighted by atomic mass is 9.95. The predicted molar refractivity (Wildman–Crippen MR) is 102 cm³/mol. The van der Waals surface area contributed by atoms with Crippen LogP contribution in [0.25, 0.3) is 11.3 Å². The van der Waals surface area contributed by atoms with E-state index in [-0.39, 0.29) is 11.8 Å². The Labute approximate surface area is 160 Å². The molecular formula is C21H20F3N3O. The molecule has 0 saturated heterocycles. The predicted octanol–water partition coefficient (Wildman–Crippen LogP) is 5.54. The van der Waals surface area contributed by atoms with Gasteiger partial charge in [0.2, 0.25) is 5.91 Å². The van der Waals surface area contributed by atoms with Crippen LogP contribution in [0.2, 0.25) is 0 Å². The van der Waals surface area contributed by atoms with E-state index >= 15 is 0 Å². The third-order valence-corrected chi connectivity index (χ3v) is 4.61. The van der Waals surface area contributed by atoms with Crippen molar-refractivity contribution in [3.05, 3.63) is 71.4 Å². The van der Waals surface area contributed by atoms with Gasteiger partial charge in [-0.05, 0) is 31.0 Å². The van der Waals surface area contributed by atoms with Crippen molar-refractivity contribution in [2.24, 2.45) is 0 Å². The summed E-state index contributed by atoms with van der Waals surface area (Å²) < 4.78 is 38.4. The van der Waals surface area contributed by atoms with Crippen molar-refractivity contribution in [1.29, 1.82) is 0 Å². The summed E-state index contributed by atoms with van der Waals surface area (Å²) in [4.78, 5) is 12.9. The van der Waals surface area contributed by atoms with Crippen molar-refractivity contribution >= 4 is 11.6 Å². The van der Waals surface area contributed by atoms with Crippen LogP contribution in [-0.2, 0) is 11.0 Å². The van der Waals surface area contributed by atoms with Crippen LogP contribution in [0.5, 0.6) is 0 Å². The molecule has 4 nitrogen and oxygen atoms in total. The van der Waals surface area contributed by atoms with Crippen LogP contribution in [0.3, 0.4) is 0 Å². The van der Waals surface area contributed by atoms with Gasteiger partial charge in [-0.25, -0.2) is 0 Å². The lowest BCUT2D eigenvalue weighted by molar-refractivity contribution is -0.137. The maximum atomic E-state index is 12.9. The highest BCUT2D eigenvalue weighted by atomic mass is 19.4. The first-order valence-electron chi connectivity index (χ1n) is 8.89. The summed E-state index contributed by atoms with van der Waals surface area (Å²) in [6.07, 6.45) is -3.79. The van der Waals surface area contributed by atoms with Crippen molar-refractivity contribution < 1.29 is 18.0 Å². The van der Waals surface area contributed by atoms with Crippen molar-refractivity contribution in [3.8, 4) is 11.3 Å². The van der Waals surface area contributed by atoms with Crippen LogP contribution in [-0.4, -0.2) is 16.1 Å². The molecule has 146 valence electrons. The van der Waals surface area contributed by atoms with Crippen molar-refractivity contribution in [2.75, 3.05) is 5.32 Å². The molecule has 0 fully saturated rings. The molecule has 3 rings (SSSR count). The van der Waals surface area contributed by atoms with Crippen LogP contribution in [0, 0.1) is 6.92 Å². The molecule has 1 aromatic heterocycles. The smallest absolute Gasteiger partial charge is 0.322 e. The molecule has 0 unspecified atom stereocenters. The Morgan fingerprint density at radius 2 is 1.75 bits per heavy atom. The molecule has 7 heteroatoms. The van der Waals surface area contributed by atoms with E-state index in [1.807, 2.05) is 37.3 Å². The zero-order chi connectivity index (χ0) is 20.3. The first-order chi connectivity index (χ1) is 13.3. The maximum absolute atomic E-state index is 12.9. The van der Waals surface area contributed by atoms with Crippen LogP contribution in [0.1, 0.15) is 36.1 Å². The molecule has 1 amide bonds. The van der Waals surface area contributed by atoms with Gasteiger partial charge in [-0.3, -0.25) is 9.89 Å². The highest BCUT2D eigenvalue weighted by molar-refractivity contribution is 5.99. The van der Waals surface area contributed by atoms with Crippen LogP contribution < -0.4 is 5.32 Å². The molecule has 0 aliphatic rings. The lowest BCUT2D eigenvalue weighted by Gasteiger charge is -2.16. The molecular weight excluding hydrogens is 367 g/mol. The number of benzene rings is 2. The van der Waals surface area contributed by atoms with Gasteiger partial charge in [-0.2, -0.15) is 18.3 Å². The van der Waals surface area contributed by atoms with Gasteiger partial charge in [0.1, 0.15) is 5.69 Å². The van der Waals surface area contributed by atoms with Gasteiger partial charge in [0.25, 0.3) is 0 Å². The van der Waals surface area contributed by atoms with E-state index < -0.39 is 11.7 Å². The Bertz CT molecular complexity index is 947. The molecule has 0 spiro atoms. The highest BCUT2D eigenvalue weighted by Gasteiger charge is 2.30. The summed E-state index contributed by atoms with van der Waals surface area (Å²) in [6, 6.07) is 14.1. The van der Waals surface area contributed by atoms with E-state index in [9.17, 15) is 18.0 Å². The number of nitrogens with zero attached hydrogens (tertiary/aromatic N) is 1. The Morgan fingerprint density at radius 3 is 2.32 bits per heavy atom. The number of hydrogen-bond acceptors (Lipinski definition) is 2. The van der Waals surface area contributed by atoms with E-state index in [0.717, 1.165) is 17.7 Å². The largest absolute Gasteiger partial charge is 0.416 e. The first-order valence-corrected chi connectivity index (χ1v) is 8.89. The molecule has 2 aromatic carbocycles. The van der Waals surface area contributed by atoms with E-state index in [0.29, 0.717) is 29.1 Å². The number of rotatable bonds is 5. The van der Waals surface area contributed by atoms with Gasteiger partial charge >= 0.3 is 6.18 Å². The standard InChI is InChI=1S/C21H20F3N3O/c1-3-17(14-7-5-4-6-8-14)20(28)25-18-13(2)26-27-19(18)15-9-11-16(12-10-15)21(22,23)24/h4-12,17H,3H2,1-2H3,(H,25,28)(H,26,27)/t17-/m0/s1. The van der Waals surface area contributed by atoms with Crippen molar-refractivity contribution in [3.63, 3.8) is 0 Å². The molecule has 0 radical (unpaired) electrons. The second-order valence-electron chi connectivity index (χ2n) is 6.51.